The van der Waals surface area contributed by atoms with Crippen molar-refractivity contribution in [3.8, 4) is 0 Å². The average Bonchev–Trinajstić information content (AvgIpc) is 2.53. The summed E-state index contributed by atoms with van der Waals surface area (Å²) in [6, 6.07) is 0. The largest absolute Gasteiger partial charge is 0.352 e. The second-order valence-electron chi connectivity index (χ2n) is 7.71. The van der Waals surface area contributed by atoms with Crippen molar-refractivity contribution in [1.29, 1.82) is 0 Å². The highest BCUT2D eigenvalue weighted by molar-refractivity contribution is 4.88. The van der Waals surface area contributed by atoms with Crippen LogP contribution in [0.15, 0.2) is 0 Å². The van der Waals surface area contributed by atoms with Gasteiger partial charge in [0.25, 0.3) is 0 Å². The summed E-state index contributed by atoms with van der Waals surface area (Å²) in [5, 5.41) is 0. The van der Waals surface area contributed by atoms with Crippen LogP contribution in [0.1, 0.15) is 85.0 Å². The highest BCUT2D eigenvalue weighted by Gasteiger charge is 2.40. The molecule has 0 amide bonds. The minimum absolute atomic E-state index is 0.0684. The van der Waals surface area contributed by atoms with Crippen LogP contribution in [0.25, 0.3) is 0 Å². The number of ether oxygens (including phenoxy) is 2. The summed E-state index contributed by atoms with van der Waals surface area (Å²) in [6.07, 6.45) is 13.4. The Labute approximate surface area is 132 Å². The van der Waals surface area contributed by atoms with Gasteiger partial charge in [0.05, 0.1) is 13.2 Å². The highest BCUT2D eigenvalue weighted by atomic mass is 16.7. The molecule has 2 fully saturated rings. The molecule has 0 radical (unpaired) electrons. The molecule has 1 saturated carbocycles. The lowest BCUT2D eigenvalue weighted by Gasteiger charge is -2.45. The fourth-order valence-corrected chi connectivity index (χ4v) is 4.07. The SMILES string of the molecule is CCCCC1CCC([C@]2(C)CO[C@H](CCCC)OC2)CC1. The Morgan fingerprint density at radius 3 is 2.00 bits per heavy atom. The molecule has 2 heteroatoms. The molecule has 0 atom stereocenters. The predicted molar refractivity (Wildman–Crippen MR) is 88.3 cm³/mol. The zero-order chi connectivity index (χ0) is 15.1. The third-order valence-electron chi connectivity index (χ3n) is 5.79. The van der Waals surface area contributed by atoms with E-state index in [1.54, 1.807) is 0 Å². The predicted octanol–water partition coefficient (Wildman–Crippen LogP) is 5.55. The van der Waals surface area contributed by atoms with E-state index in [4.69, 9.17) is 9.47 Å². The van der Waals surface area contributed by atoms with Crippen LogP contribution >= 0.6 is 0 Å². The first kappa shape index (κ1) is 17.3. The summed E-state index contributed by atoms with van der Waals surface area (Å²) in [4.78, 5) is 0. The molecule has 0 bridgehead atoms. The maximum absolute atomic E-state index is 6.02. The third-order valence-corrected chi connectivity index (χ3v) is 5.79. The molecule has 0 unspecified atom stereocenters. The van der Waals surface area contributed by atoms with E-state index < -0.39 is 0 Å². The van der Waals surface area contributed by atoms with Crippen molar-refractivity contribution in [3.63, 3.8) is 0 Å². The van der Waals surface area contributed by atoms with Gasteiger partial charge in [0.15, 0.2) is 6.29 Å². The van der Waals surface area contributed by atoms with Gasteiger partial charge in [-0.2, -0.15) is 0 Å². The van der Waals surface area contributed by atoms with E-state index in [0.29, 0.717) is 0 Å². The highest BCUT2D eigenvalue weighted by Crippen LogP contribution is 2.43. The minimum Gasteiger partial charge on any atom is -0.352 e. The van der Waals surface area contributed by atoms with Gasteiger partial charge in [0.1, 0.15) is 0 Å². The van der Waals surface area contributed by atoms with E-state index in [1.807, 2.05) is 0 Å². The van der Waals surface area contributed by atoms with Gasteiger partial charge in [-0.05, 0) is 37.5 Å². The normalized spacial score (nSPS) is 37.6. The van der Waals surface area contributed by atoms with Crippen LogP contribution in [0, 0.1) is 17.3 Å². The number of hydrogen-bond acceptors (Lipinski definition) is 2. The van der Waals surface area contributed by atoms with Crippen LogP contribution in [0.5, 0.6) is 0 Å². The molecule has 1 aliphatic heterocycles. The first-order valence-electron chi connectivity index (χ1n) is 9.41. The molecule has 1 heterocycles. The number of rotatable bonds is 7. The molecule has 0 aromatic rings. The van der Waals surface area contributed by atoms with Crippen LogP contribution < -0.4 is 0 Å². The Morgan fingerprint density at radius 2 is 1.43 bits per heavy atom. The van der Waals surface area contributed by atoms with Crippen molar-refractivity contribution in [3.05, 3.63) is 0 Å². The third kappa shape index (κ3) is 4.96. The zero-order valence-electron chi connectivity index (χ0n) is 14.5. The Balaban J connectivity index is 1.73. The lowest BCUT2D eigenvalue weighted by molar-refractivity contribution is -0.241. The Kier molecular flexibility index (Phi) is 7.01. The first-order valence-corrected chi connectivity index (χ1v) is 9.41. The van der Waals surface area contributed by atoms with Gasteiger partial charge in [0.2, 0.25) is 0 Å². The molecule has 0 aromatic heterocycles. The van der Waals surface area contributed by atoms with E-state index in [-0.39, 0.29) is 11.7 Å². The molecule has 0 N–H and O–H groups in total. The monoisotopic (exact) mass is 296 g/mol. The zero-order valence-corrected chi connectivity index (χ0v) is 14.5. The Hall–Kier alpha value is -0.0800. The van der Waals surface area contributed by atoms with Gasteiger partial charge in [0, 0.05) is 5.41 Å². The number of unbranched alkanes of at least 4 members (excludes halogenated alkanes) is 2. The van der Waals surface area contributed by atoms with Gasteiger partial charge in [-0.25, -0.2) is 0 Å². The fraction of sp³-hybridized carbons (Fsp3) is 1.00. The van der Waals surface area contributed by atoms with E-state index in [2.05, 4.69) is 20.8 Å². The van der Waals surface area contributed by atoms with Gasteiger partial charge in [-0.15, -0.1) is 0 Å². The molecule has 21 heavy (non-hydrogen) atoms. The van der Waals surface area contributed by atoms with Crippen molar-refractivity contribution >= 4 is 0 Å². The quantitative estimate of drug-likeness (QED) is 0.613. The van der Waals surface area contributed by atoms with Crippen LogP contribution in [0.3, 0.4) is 0 Å². The summed E-state index contributed by atoms with van der Waals surface area (Å²) in [5.74, 6) is 1.80. The molecule has 2 aliphatic rings. The summed E-state index contributed by atoms with van der Waals surface area (Å²) < 4.78 is 12.0. The summed E-state index contributed by atoms with van der Waals surface area (Å²) in [5.41, 5.74) is 0.262. The van der Waals surface area contributed by atoms with Gasteiger partial charge < -0.3 is 9.47 Å². The molecule has 2 rings (SSSR count). The van der Waals surface area contributed by atoms with E-state index >= 15 is 0 Å². The van der Waals surface area contributed by atoms with E-state index in [0.717, 1.165) is 31.5 Å². The van der Waals surface area contributed by atoms with Crippen molar-refractivity contribution in [2.45, 2.75) is 91.3 Å². The standard InChI is InChI=1S/C19H36O2/c1-4-6-8-16-10-12-17(13-11-16)19(3)14-20-18(21-15-19)9-7-5-2/h16-18H,4-15H2,1-3H3/t16?,17?,18-,19+. The van der Waals surface area contributed by atoms with Crippen molar-refractivity contribution in [2.24, 2.45) is 17.3 Å². The molecule has 0 aromatic carbocycles. The summed E-state index contributed by atoms with van der Waals surface area (Å²) in [6.45, 7) is 8.74. The molecular weight excluding hydrogens is 260 g/mol. The summed E-state index contributed by atoms with van der Waals surface area (Å²) in [7, 11) is 0. The molecule has 1 saturated heterocycles. The van der Waals surface area contributed by atoms with Crippen molar-refractivity contribution < 1.29 is 9.47 Å². The maximum Gasteiger partial charge on any atom is 0.157 e. The molecule has 1 aliphatic carbocycles. The van der Waals surface area contributed by atoms with Crippen molar-refractivity contribution in [1.82, 2.24) is 0 Å². The Morgan fingerprint density at radius 1 is 0.857 bits per heavy atom. The molecule has 0 spiro atoms. The van der Waals surface area contributed by atoms with Crippen molar-refractivity contribution in [2.75, 3.05) is 13.2 Å². The van der Waals surface area contributed by atoms with Crippen LogP contribution in [0.2, 0.25) is 0 Å². The lowest BCUT2D eigenvalue weighted by atomic mass is 9.67. The lowest BCUT2D eigenvalue weighted by Crippen LogP contribution is -2.45. The molecule has 2 nitrogen and oxygen atoms in total. The Bertz CT molecular complexity index is 273. The topological polar surface area (TPSA) is 18.5 Å². The molecular formula is C19H36O2. The van der Waals surface area contributed by atoms with Gasteiger partial charge in [-0.3, -0.25) is 0 Å². The first-order chi connectivity index (χ1) is 10.2. The van der Waals surface area contributed by atoms with Crippen LogP contribution in [-0.2, 0) is 9.47 Å². The summed E-state index contributed by atoms with van der Waals surface area (Å²) >= 11 is 0. The molecule has 124 valence electrons. The van der Waals surface area contributed by atoms with Crippen LogP contribution in [-0.4, -0.2) is 19.5 Å². The average molecular weight is 296 g/mol. The smallest absolute Gasteiger partial charge is 0.157 e. The maximum atomic E-state index is 6.02. The minimum atomic E-state index is 0.0684. The van der Waals surface area contributed by atoms with Gasteiger partial charge in [-0.1, -0.05) is 59.3 Å². The van der Waals surface area contributed by atoms with E-state index in [9.17, 15) is 0 Å². The fourth-order valence-electron chi connectivity index (χ4n) is 4.07. The number of hydrogen-bond donors (Lipinski definition) is 0. The van der Waals surface area contributed by atoms with E-state index in [1.165, 1.54) is 57.8 Å². The second kappa shape index (κ2) is 8.53. The van der Waals surface area contributed by atoms with Gasteiger partial charge >= 0.3 is 0 Å². The second-order valence-corrected chi connectivity index (χ2v) is 7.71. The van der Waals surface area contributed by atoms with Crippen LogP contribution in [0.4, 0.5) is 0 Å².